The number of rotatable bonds is 0. The minimum absolute atomic E-state index is 0.0340. The Kier molecular flexibility index (Phi) is 1.69. The van der Waals surface area contributed by atoms with E-state index in [1.807, 2.05) is 0 Å². The maximum atomic E-state index is 11.3. The Labute approximate surface area is 76.1 Å². The van der Waals surface area contributed by atoms with Gasteiger partial charge in [-0.3, -0.25) is 4.79 Å². The van der Waals surface area contributed by atoms with Crippen molar-refractivity contribution in [3.8, 4) is 0 Å². The molecule has 2 rings (SSSR count). The van der Waals surface area contributed by atoms with E-state index >= 15 is 0 Å². The lowest BCUT2D eigenvalue weighted by Crippen LogP contribution is -2.05. The van der Waals surface area contributed by atoms with Crippen molar-refractivity contribution in [2.24, 2.45) is 11.8 Å². The number of hydrogen-bond donors (Lipinski definition) is 0. The highest BCUT2D eigenvalue weighted by Gasteiger charge is 2.66. The van der Waals surface area contributed by atoms with Crippen LogP contribution in [0.25, 0.3) is 0 Å². The molecule has 0 bridgehead atoms. The van der Waals surface area contributed by atoms with Crippen LogP contribution in [-0.2, 0) is 4.79 Å². The van der Waals surface area contributed by atoms with Gasteiger partial charge < -0.3 is 0 Å². The lowest BCUT2D eigenvalue weighted by molar-refractivity contribution is -0.120. The quantitative estimate of drug-likeness (QED) is 0.540. The van der Waals surface area contributed by atoms with Crippen molar-refractivity contribution in [2.75, 3.05) is 0 Å². The van der Waals surface area contributed by atoms with Crippen LogP contribution in [0.4, 0.5) is 0 Å². The molecule has 2 saturated carbocycles. The molecule has 0 aromatic heterocycles. The number of carbonyl (C=O) groups excluding carboxylic acids is 1. The van der Waals surface area contributed by atoms with Gasteiger partial charge in [0.15, 0.2) is 0 Å². The van der Waals surface area contributed by atoms with Gasteiger partial charge in [0.05, 0.1) is 5.92 Å². The number of hydrogen-bond acceptors (Lipinski definition) is 1. The van der Waals surface area contributed by atoms with E-state index < -0.39 is 4.33 Å². The molecule has 0 amide bonds. The van der Waals surface area contributed by atoms with Crippen LogP contribution in [0.5, 0.6) is 0 Å². The summed E-state index contributed by atoms with van der Waals surface area (Å²) in [6.45, 7) is 0. The fourth-order valence-electron chi connectivity index (χ4n) is 2.01. The molecular formula is C8H10Cl2O. The van der Waals surface area contributed by atoms with Crippen LogP contribution in [0.2, 0.25) is 0 Å². The van der Waals surface area contributed by atoms with Crippen LogP contribution in [0, 0.1) is 11.8 Å². The van der Waals surface area contributed by atoms with Crippen LogP contribution in [0.1, 0.15) is 25.7 Å². The monoisotopic (exact) mass is 192 g/mol. The molecule has 0 aromatic carbocycles. The number of halogens is 2. The molecule has 0 N–H and O–H groups in total. The molecule has 1 nitrogen and oxygen atoms in total. The molecule has 2 aliphatic rings. The summed E-state index contributed by atoms with van der Waals surface area (Å²) in [5.74, 6) is 0.506. The van der Waals surface area contributed by atoms with Crippen molar-refractivity contribution in [1.82, 2.24) is 0 Å². The van der Waals surface area contributed by atoms with Gasteiger partial charge in [-0.05, 0) is 12.8 Å². The van der Waals surface area contributed by atoms with Gasteiger partial charge in [0, 0.05) is 12.3 Å². The first-order valence-electron chi connectivity index (χ1n) is 4.04. The summed E-state index contributed by atoms with van der Waals surface area (Å²) < 4.78 is -0.697. The van der Waals surface area contributed by atoms with Crippen molar-refractivity contribution in [2.45, 2.75) is 30.0 Å². The zero-order chi connectivity index (χ0) is 8.06. The van der Waals surface area contributed by atoms with E-state index in [1.165, 1.54) is 0 Å². The van der Waals surface area contributed by atoms with E-state index in [1.54, 1.807) is 0 Å². The Balaban J connectivity index is 2.15. The maximum absolute atomic E-state index is 11.3. The second-order valence-corrected chi connectivity index (χ2v) is 4.92. The van der Waals surface area contributed by atoms with Gasteiger partial charge in [-0.15, -0.1) is 23.2 Å². The Hall–Kier alpha value is 0.250. The second-order valence-electron chi connectivity index (χ2n) is 3.47. The fourth-order valence-corrected chi connectivity index (χ4v) is 2.90. The van der Waals surface area contributed by atoms with Gasteiger partial charge in [0.1, 0.15) is 10.1 Å². The minimum atomic E-state index is -0.697. The van der Waals surface area contributed by atoms with Crippen molar-refractivity contribution in [3.63, 3.8) is 0 Å². The summed E-state index contributed by atoms with van der Waals surface area (Å²) >= 11 is 11.9. The lowest BCUT2D eigenvalue weighted by atomic mass is 10.1. The number of alkyl halides is 2. The SMILES string of the molecule is O=C1CCCC[C@@H]2[C@H]1C2(Cl)Cl. The molecule has 0 heterocycles. The third kappa shape index (κ3) is 1.09. The summed E-state index contributed by atoms with van der Waals surface area (Å²) in [5.41, 5.74) is 0. The molecule has 0 spiro atoms. The van der Waals surface area contributed by atoms with Crippen LogP contribution in [-0.4, -0.2) is 10.1 Å². The first-order valence-corrected chi connectivity index (χ1v) is 4.80. The first kappa shape index (κ1) is 7.88. The highest BCUT2D eigenvalue weighted by molar-refractivity contribution is 6.52. The number of ketones is 1. The van der Waals surface area contributed by atoms with Crippen molar-refractivity contribution >= 4 is 29.0 Å². The highest BCUT2D eigenvalue weighted by atomic mass is 35.5. The average molecular weight is 193 g/mol. The molecule has 0 radical (unpaired) electrons. The topological polar surface area (TPSA) is 17.1 Å². The van der Waals surface area contributed by atoms with E-state index in [-0.39, 0.29) is 17.6 Å². The first-order chi connectivity index (χ1) is 5.14. The van der Waals surface area contributed by atoms with E-state index in [2.05, 4.69) is 0 Å². The predicted molar refractivity (Wildman–Crippen MR) is 44.9 cm³/mol. The Morgan fingerprint density at radius 2 is 2.09 bits per heavy atom. The molecule has 11 heavy (non-hydrogen) atoms. The molecule has 3 heteroatoms. The Morgan fingerprint density at radius 3 is 2.82 bits per heavy atom. The van der Waals surface area contributed by atoms with E-state index in [0.29, 0.717) is 6.42 Å². The predicted octanol–water partition coefficient (Wildman–Crippen LogP) is 2.55. The van der Waals surface area contributed by atoms with Crippen molar-refractivity contribution < 1.29 is 4.79 Å². The van der Waals surface area contributed by atoms with E-state index in [9.17, 15) is 4.79 Å². The molecule has 0 saturated heterocycles. The van der Waals surface area contributed by atoms with E-state index in [0.717, 1.165) is 19.3 Å². The van der Waals surface area contributed by atoms with Gasteiger partial charge in [-0.2, -0.15) is 0 Å². The number of Topliss-reactive ketones (excluding diaryl/α,β-unsaturated/α-hetero) is 1. The molecule has 62 valence electrons. The molecule has 2 fully saturated rings. The lowest BCUT2D eigenvalue weighted by Gasteiger charge is -2.00. The molecule has 0 aromatic rings. The molecule has 0 unspecified atom stereocenters. The van der Waals surface area contributed by atoms with Gasteiger partial charge in [-0.25, -0.2) is 0 Å². The largest absolute Gasteiger partial charge is 0.299 e. The molecular weight excluding hydrogens is 183 g/mol. The van der Waals surface area contributed by atoms with Gasteiger partial charge >= 0.3 is 0 Å². The van der Waals surface area contributed by atoms with E-state index in [4.69, 9.17) is 23.2 Å². The van der Waals surface area contributed by atoms with Crippen LogP contribution in [0.3, 0.4) is 0 Å². The van der Waals surface area contributed by atoms with Gasteiger partial charge in [0.2, 0.25) is 0 Å². The normalized spacial score (nSPS) is 41.1. The van der Waals surface area contributed by atoms with Crippen molar-refractivity contribution in [1.29, 1.82) is 0 Å². The van der Waals surface area contributed by atoms with Crippen LogP contribution in [0.15, 0.2) is 0 Å². The van der Waals surface area contributed by atoms with Crippen LogP contribution < -0.4 is 0 Å². The maximum Gasteiger partial charge on any atom is 0.139 e. The summed E-state index contributed by atoms with van der Waals surface area (Å²) in [4.78, 5) is 11.3. The third-order valence-electron chi connectivity index (χ3n) is 2.74. The standard InChI is InChI=1S/C8H10Cl2O/c9-8(10)5-3-1-2-4-6(11)7(5)8/h5,7H,1-4H2/t5-,7-/m1/s1. The molecule has 2 aliphatic carbocycles. The Bertz CT molecular complexity index is 200. The fraction of sp³-hybridized carbons (Fsp3) is 0.875. The molecule has 0 aliphatic heterocycles. The van der Waals surface area contributed by atoms with Crippen molar-refractivity contribution in [3.05, 3.63) is 0 Å². The number of fused-ring (bicyclic) bond motifs is 1. The Morgan fingerprint density at radius 1 is 1.36 bits per heavy atom. The summed E-state index contributed by atoms with van der Waals surface area (Å²) in [6, 6.07) is 0. The molecule has 2 atom stereocenters. The summed E-state index contributed by atoms with van der Waals surface area (Å²) in [6.07, 6.45) is 3.84. The zero-order valence-corrected chi connectivity index (χ0v) is 7.66. The summed E-state index contributed by atoms with van der Waals surface area (Å²) in [5, 5.41) is 0. The minimum Gasteiger partial charge on any atom is -0.299 e. The smallest absolute Gasteiger partial charge is 0.139 e. The zero-order valence-electron chi connectivity index (χ0n) is 6.15. The van der Waals surface area contributed by atoms with Crippen LogP contribution >= 0.6 is 23.2 Å². The number of carbonyl (C=O) groups is 1. The summed E-state index contributed by atoms with van der Waals surface area (Å²) in [7, 11) is 0. The van der Waals surface area contributed by atoms with Gasteiger partial charge in [0.25, 0.3) is 0 Å². The third-order valence-corrected chi connectivity index (χ3v) is 3.77. The average Bonchev–Trinajstić information content (AvgIpc) is 2.52. The second kappa shape index (κ2) is 2.37. The van der Waals surface area contributed by atoms with Gasteiger partial charge in [-0.1, -0.05) is 6.42 Å². The highest BCUT2D eigenvalue weighted by Crippen LogP contribution is 2.62.